The molecule has 206 valence electrons. The summed E-state index contributed by atoms with van der Waals surface area (Å²) in [4.78, 5) is 51.7. The van der Waals surface area contributed by atoms with Gasteiger partial charge in [-0.25, -0.2) is 14.6 Å². The van der Waals surface area contributed by atoms with E-state index in [0.29, 0.717) is 59.1 Å². The topological polar surface area (TPSA) is 174 Å². The summed E-state index contributed by atoms with van der Waals surface area (Å²) in [5.74, 6) is 0.0869. The fourth-order valence-electron chi connectivity index (χ4n) is 3.89. The van der Waals surface area contributed by atoms with Crippen LogP contribution in [0.15, 0.2) is 30.3 Å². The minimum Gasteiger partial charge on any atom is -0.465 e. The van der Waals surface area contributed by atoms with Crippen LogP contribution in [0.2, 0.25) is 0 Å². The zero-order valence-electron chi connectivity index (χ0n) is 21.8. The van der Waals surface area contributed by atoms with Gasteiger partial charge in [0.2, 0.25) is 11.9 Å². The number of benzene rings is 1. The molecule has 5 N–H and O–H groups in total. The van der Waals surface area contributed by atoms with Gasteiger partial charge in [0, 0.05) is 32.2 Å². The van der Waals surface area contributed by atoms with Crippen LogP contribution in [0, 0.1) is 6.92 Å². The predicted octanol–water partition coefficient (Wildman–Crippen LogP) is 1.82. The van der Waals surface area contributed by atoms with E-state index in [0.717, 1.165) is 16.9 Å². The van der Waals surface area contributed by atoms with Gasteiger partial charge in [0.25, 0.3) is 0 Å². The smallest absolute Gasteiger partial charge is 0.350 e. The SMILES string of the molecule is CCOC(=O)c1sc(Nc2nc(NCc3ccc(C(=O)OC)cc3)cc(N3CCNC(C(N)=O)C3)n2)nc1C. The fraction of sp³-hybridized carbons (Fsp3) is 0.360. The van der Waals surface area contributed by atoms with Gasteiger partial charge >= 0.3 is 11.9 Å². The molecule has 0 bridgehead atoms. The summed E-state index contributed by atoms with van der Waals surface area (Å²) in [6.07, 6.45) is 0. The summed E-state index contributed by atoms with van der Waals surface area (Å²) < 4.78 is 9.85. The van der Waals surface area contributed by atoms with Crippen LogP contribution in [0.3, 0.4) is 0 Å². The molecule has 13 nitrogen and oxygen atoms in total. The third kappa shape index (κ3) is 6.97. The van der Waals surface area contributed by atoms with Crippen molar-refractivity contribution in [3.8, 4) is 0 Å². The van der Waals surface area contributed by atoms with Crippen molar-refractivity contribution in [2.45, 2.75) is 26.4 Å². The molecule has 4 rings (SSSR count). The van der Waals surface area contributed by atoms with E-state index < -0.39 is 23.9 Å². The second-order valence-corrected chi connectivity index (χ2v) is 9.61. The number of hydrogen-bond donors (Lipinski definition) is 4. The molecule has 3 heterocycles. The lowest BCUT2D eigenvalue weighted by molar-refractivity contribution is -0.120. The van der Waals surface area contributed by atoms with E-state index in [1.54, 1.807) is 32.0 Å². The number of anilines is 4. The summed E-state index contributed by atoms with van der Waals surface area (Å²) in [5, 5.41) is 9.92. The molecule has 1 aliphatic rings. The molecule has 1 aromatic carbocycles. The van der Waals surface area contributed by atoms with Gasteiger partial charge in [-0.15, -0.1) is 0 Å². The van der Waals surface area contributed by atoms with Gasteiger partial charge < -0.3 is 30.7 Å². The number of nitrogens with one attached hydrogen (secondary N) is 3. The molecular weight excluding hydrogens is 524 g/mol. The van der Waals surface area contributed by atoms with Crippen molar-refractivity contribution in [2.75, 3.05) is 48.9 Å². The Bertz CT molecular complexity index is 1350. The number of primary amides is 1. The first-order valence-corrected chi connectivity index (χ1v) is 13.1. The maximum atomic E-state index is 12.2. The number of aromatic nitrogens is 3. The van der Waals surface area contributed by atoms with Gasteiger partial charge in [0.15, 0.2) is 5.13 Å². The van der Waals surface area contributed by atoms with Crippen LogP contribution >= 0.6 is 11.3 Å². The van der Waals surface area contributed by atoms with Gasteiger partial charge in [-0.3, -0.25) is 10.1 Å². The van der Waals surface area contributed by atoms with Crippen molar-refractivity contribution < 1.29 is 23.9 Å². The number of carbonyl (C=O) groups excluding carboxylic acids is 3. The third-order valence-corrected chi connectivity index (χ3v) is 6.93. The average molecular weight is 555 g/mol. The van der Waals surface area contributed by atoms with E-state index in [4.69, 9.17) is 15.2 Å². The number of methoxy groups -OCH3 is 1. The van der Waals surface area contributed by atoms with Crippen molar-refractivity contribution in [3.63, 3.8) is 0 Å². The number of nitrogens with two attached hydrogens (primary N) is 1. The Morgan fingerprint density at radius 3 is 2.64 bits per heavy atom. The van der Waals surface area contributed by atoms with Crippen LogP contribution in [-0.4, -0.2) is 72.2 Å². The Morgan fingerprint density at radius 1 is 1.18 bits per heavy atom. The van der Waals surface area contributed by atoms with Crippen molar-refractivity contribution in [1.82, 2.24) is 20.3 Å². The predicted molar refractivity (Wildman–Crippen MR) is 146 cm³/mol. The fourth-order valence-corrected chi connectivity index (χ4v) is 4.75. The van der Waals surface area contributed by atoms with Gasteiger partial charge in [-0.2, -0.15) is 9.97 Å². The highest BCUT2D eigenvalue weighted by Gasteiger charge is 2.25. The maximum absolute atomic E-state index is 12.2. The third-order valence-electron chi connectivity index (χ3n) is 5.88. The van der Waals surface area contributed by atoms with Crippen molar-refractivity contribution >= 4 is 51.9 Å². The minimum atomic E-state index is -0.511. The van der Waals surface area contributed by atoms with Crippen LogP contribution in [-0.2, 0) is 20.8 Å². The molecule has 0 radical (unpaired) electrons. The van der Waals surface area contributed by atoms with Gasteiger partial charge in [-0.1, -0.05) is 23.5 Å². The van der Waals surface area contributed by atoms with Gasteiger partial charge in [-0.05, 0) is 31.5 Å². The molecule has 0 aliphatic carbocycles. The Hall–Kier alpha value is -4.30. The normalized spacial score (nSPS) is 14.9. The van der Waals surface area contributed by atoms with E-state index in [1.165, 1.54) is 7.11 Å². The molecule has 3 aromatic rings. The number of carbonyl (C=O) groups is 3. The first-order valence-electron chi connectivity index (χ1n) is 12.3. The Kier molecular flexibility index (Phi) is 8.88. The molecule has 1 fully saturated rings. The van der Waals surface area contributed by atoms with Crippen LogP contribution in [0.25, 0.3) is 0 Å². The lowest BCUT2D eigenvalue weighted by Crippen LogP contribution is -2.56. The summed E-state index contributed by atoms with van der Waals surface area (Å²) in [7, 11) is 1.34. The number of esters is 2. The van der Waals surface area contributed by atoms with Crippen LogP contribution in [0.4, 0.5) is 22.7 Å². The molecule has 1 unspecified atom stereocenters. The Labute approximate surface area is 229 Å². The molecule has 1 amide bonds. The molecule has 2 aromatic heterocycles. The Balaban J connectivity index is 1.58. The zero-order chi connectivity index (χ0) is 27.9. The van der Waals surface area contributed by atoms with Crippen LogP contribution < -0.4 is 26.6 Å². The first-order chi connectivity index (χ1) is 18.8. The number of hydrogen-bond acceptors (Lipinski definition) is 13. The highest BCUT2D eigenvalue weighted by atomic mass is 32.1. The molecule has 14 heteroatoms. The van der Waals surface area contributed by atoms with Crippen molar-refractivity contribution in [2.24, 2.45) is 5.73 Å². The summed E-state index contributed by atoms with van der Waals surface area (Å²) >= 11 is 1.15. The van der Waals surface area contributed by atoms with Gasteiger partial charge in [0.05, 0.1) is 25.0 Å². The quantitative estimate of drug-likeness (QED) is 0.268. The van der Waals surface area contributed by atoms with Crippen LogP contribution in [0.1, 0.15) is 38.2 Å². The van der Waals surface area contributed by atoms with Crippen molar-refractivity contribution in [1.29, 1.82) is 0 Å². The largest absolute Gasteiger partial charge is 0.465 e. The second-order valence-electron chi connectivity index (χ2n) is 8.61. The lowest BCUT2D eigenvalue weighted by atomic mass is 10.1. The van der Waals surface area contributed by atoms with E-state index >= 15 is 0 Å². The number of thiazole rings is 1. The number of piperazine rings is 1. The Morgan fingerprint density at radius 2 is 1.95 bits per heavy atom. The van der Waals surface area contributed by atoms with E-state index in [-0.39, 0.29) is 12.6 Å². The molecule has 1 atom stereocenters. The zero-order valence-corrected chi connectivity index (χ0v) is 22.6. The lowest BCUT2D eigenvalue weighted by Gasteiger charge is -2.33. The van der Waals surface area contributed by atoms with Crippen molar-refractivity contribution in [3.05, 3.63) is 52.0 Å². The van der Waals surface area contributed by atoms with Gasteiger partial charge in [0.1, 0.15) is 22.6 Å². The molecular formula is C25H30N8O5S. The van der Waals surface area contributed by atoms with E-state index in [1.807, 2.05) is 17.0 Å². The summed E-state index contributed by atoms with van der Waals surface area (Å²) in [6.45, 7) is 5.68. The standard InChI is InChI=1S/C25H30N8O5S/c1-4-38-23(36)20-14(2)29-25(39-20)32-24-30-18(28-12-15-5-7-16(8-6-15)22(35)37-3)11-19(31-24)33-10-9-27-17(13-33)21(26)34/h5-8,11,17,27H,4,9-10,12-13H2,1-3H3,(H2,26,34)(H2,28,29,30,31,32). The highest BCUT2D eigenvalue weighted by molar-refractivity contribution is 7.17. The number of amides is 1. The molecule has 0 spiro atoms. The molecule has 1 saturated heterocycles. The molecule has 0 saturated carbocycles. The average Bonchev–Trinajstić information content (AvgIpc) is 3.31. The maximum Gasteiger partial charge on any atom is 0.350 e. The van der Waals surface area contributed by atoms with Crippen LogP contribution in [0.5, 0.6) is 0 Å². The highest BCUT2D eigenvalue weighted by Crippen LogP contribution is 2.27. The number of rotatable bonds is 10. The van der Waals surface area contributed by atoms with E-state index in [9.17, 15) is 14.4 Å². The first kappa shape index (κ1) is 27.7. The minimum absolute atomic E-state index is 0.259. The molecule has 39 heavy (non-hydrogen) atoms. The second kappa shape index (κ2) is 12.5. The number of nitrogens with zero attached hydrogens (tertiary/aromatic N) is 4. The number of aryl methyl sites for hydroxylation is 1. The van der Waals surface area contributed by atoms with E-state index in [2.05, 4.69) is 30.9 Å². The summed E-state index contributed by atoms with van der Waals surface area (Å²) in [5.41, 5.74) is 7.44. The summed E-state index contributed by atoms with van der Waals surface area (Å²) in [6, 6.07) is 8.31. The monoisotopic (exact) mass is 554 g/mol. The number of ether oxygens (including phenoxy) is 2. The molecule has 1 aliphatic heterocycles.